The third-order valence-corrected chi connectivity index (χ3v) is 2.72. The molecule has 0 amide bonds. The third kappa shape index (κ3) is 3.32. The topological polar surface area (TPSA) is 24.9 Å². The molecule has 1 heterocycles. The standard InChI is InChI=1S/C14H13F3N2/c1-18-7-10-6-12(9-19-8-10)11-2-4-13(5-3-11)14(15,16)17/h2-6,8-9,18H,7H2,1H3. The first-order chi connectivity index (χ1) is 9.00. The number of hydrogen-bond donors (Lipinski definition) is 1. The molecule has 2 aromatic rings. The number of pyridine rings is 1. The molecular formula is C14H13F3N2. The molecule has 0 atom stereocenters. The minimum Gasteiger partial charge on any atom is -0.316 e. The quantitative estimate of drug-likeness (QED) is 0.919. The average molecular weight is 266 g/mol. The van der Waals surface area contributed by atoms with Gasteiger partial charge in [-0.15, -0.1) is 0 Å². The smallest absolute Gasteiger partial charge is 0.316 e. The summed E-state index contributed by atoms with van der Waals surface area (Å²) >= 11 is 0. The van der Waals surface area contributed by atoms with Crippen molar-refractivity contribution < 1.29 is 13.2 Å². The van der Waals surface area contributed by atoms with Gasteiger partial charge >= 0.3 is 6.18 Å². The van der Waals surface area contributed by atoms with Crippen molar-refractivity contribution >= 4 is 0 Å². The fourth-order valence-corrected chi connectivity index (χ4v) is 1.80. The first kappa shape index (κ1) is 13.5. The van der Waals surface area contributed by atoms with Crippen LogP contribution in [0.3, 0.4) is 0 Å². The SMILES string of the molecule is CNCc1cncc(-c2ccc(C(F)(F)F)cc2)c1. The molecule has 0 aliphatic carbocycles. The van der Waals surface area contributed by atoms with Gasteiger partial charge in [-0.05, 0) is 36.4 Å². The number of nitrogens with one attached hydrogen (secondary N) is 1. The van der Waals surface area contributed by atoms with Crippen LogP contribution in [0.25, 0.3) is 11.1 Å². The Morgan fingerprint density at radius 1 is 1.05 bits per heavy atom. The van der Waals surface area contributed by atoms with Gasteiger partial charge in [0, 0.05) is 24.5 Å². The van der Waals surface area contributed by atoms with E-state index in [2.05, 4.69) is 10.3 Å². The molecule has 0 radical (unpaired) electrons. The molecule has 0 unspecified atom stereocenters. The summed E-state index contributed by atoms with van der Waals surface area (Å²) in [5.41, 5.74) is 1.87. The first-order valence-corrected chi connectivity index (χ1v) is 5.77. The molecule has 2 nitrogen and oxygen atoms in total. The molecule has 0 saturated carbocycles. The molecule has 0 spiro atoms. The van der Waals surface area contributed by atoms with Gasteiger partial charge < -0.3 is 5.32 Å². The van der Waals surface area contributed by atoms with Crippen LogP contribution >= 0.6 is 0 Å². The molecule has 1 aromatic carbocycles. The number of rotatable bonds is 3. The van der Waals surface area contributed by atoms with Gasteiger partial charge in [0.05, 0.1) is 5.56 Å². The summed E-state index contributed by atoms with van der Waals surface area (Å²) in [6, 6.07) is 7.00. The summed E-state index contributed by atoms with van der Waals surface area (Å²) in [4.78, 5) is 4.09. The Balaban J connectivity index is 2.29. The van der Waals surface area contributed by atoms with E-state index < -0.39 is 11.7 Å². The molecule has 0 saturated heterocycles. The van der Waals surface area contributed by atoms with Crippen LogP contribution in [0.15, 0.2) is 42.7 Å². The Morgan fingerprint density at radius 3 is 2.32 bits per heavy atom. The summed E-state index contributed by atoms with van der Waals surface area (Å²) in [7, 11) is 1.82. The van der Waals surface area contributed by atoms with Crippen LogP contribution in [-0.4, -0.2) is 12.0 Å². The van der Waals surface area contributed by atoms with Gasteiger partial charge in [0.15, 0.2) is 0 Å². The van der Waals surface area contributed by atoms with Crippen molar-refractivity contribution in [2.45, 2.75) is 12.7 Å². The lowest BCUT2D eigenvalue weighted by molar-refractivity contribution is -0.137. The normalized spacial score (nSPS) is 11.6. The second kappa shape index (κ2) is 5.40. The van der Waals surface area contributed by atoms with Crippen molar-refractivity contribution in [1.82, 2.24) is 10.3 Å². The summed E-state index contributed by atoms with van der Waals surface area (Å²) in [5.74, 6) is 0. The van der Waals surface area contributed by atoms with Gasteiger partial charge in [-0.25, -0.2) is 0 Å². The van der Waals surface area contributed by atoms with E-state index in [1.807, 2.05) is 13.1 Å². The summed E-state index contributed by atoms with van der Waals surface area (Å²) in [5, 5.41) is 3.00. The number of alkyl halides is 3. The first-order valence-electron chi connectivity index (χ1n) is 5.77. The summed E-state index contributed by atoms with van der Waals surface area (Å²) in [6.07, 6.45) is -0.934. The molecule has 0 bridgehead atoms. The Hall–Kier alpha value is -1.88. The van der Waals surface area contributed by atoms with Crippen molar-refractivity contribution in [3.63, 3.8) is 0 Å². The van der Waals surface area contributed by atoms with Crippen molar-refractivity contribution in [2.24, 2.45) is 0 Å². The Labute approximate surface area is 109 Å². The minimum atomic E-state index is -4.30. The Morgan fingerprint density at radius 2 is 1.74 bits per heavy atom. The van der Waals surface area contributed by atoms with Gasteiger partial charge in [0.1, 0.15) is 0 Å². The molecule has 0 aliphatic rings. The molecule has 19 heavy (non-hydrogen) atoms. The third-order valence-electron chi connectivity index (χ3n) is 2.72. The van der Waals surface area contributed by atoms with E-state index in [1.165, 1.54) is 12.1 Å². The molecule has 0 aliphatic heterocycles. The molecule has 1 N–H and O–H groups in total. The second-order valence-corrected chi connectivity index (χ2v) is 4.19. The maximum Gasteiger partial charge on any atom is 0.416 e. The van der Waals surface area contributed by atoms with Crippen molar-refractivity contribution in [3.05, 3.63) is 53.9 Å². The second-order valence-electron chi connectivity index (χ2n) is 4.19. The van der Waals surface area contributed by atoms with Gasteiger partial charge in [-0.3, -0.25) is 4.98 Å². The van der Waals surface area contributed by atoms with E-state index in [9.17, 15) is 13.2 Å². The largest absolute Gasteiger partial charge is 0.416 e. The van der Waals surface area contributed by atoms with E-state index >= 15 is 0 Å². The zero-order chi connectivity index (χ0) is 13.9. The predicted octanol–water partition coefficient (Wildman–Crippen LogP) is 3.49. The lowest BCUT2D eigenvalue weighted by Crippen LogP contribution is -2.05. The van der Waals surface area contributed by atoms with Crippen LogP contribution in [0.2, 0.25) is 0 Å². The zero-order valence-corrected chi connectivity index (χ0v) is 10.3. The molecule has 100 valence electrons. The van der Waals surface area contributed by atoms with Gasteiger partial charge in [0.2, 0.25) is 0 Å². The highest BCUT2D eigenvalue weighted by atomic mass is 19.4. The highest BCUT2D eigenvalue weighted by Gasteiger charge is 2.29. The van der Waals surface area contributed by atoms with Crippen molar-refractivity contribution in [2.75, 3.05) is 7.05 Å². The molecule has 2 rings (SSSR count). The van der Waals surface area contributed by atoms with Crippen LogP contribution in [0.1, 0.15) is 11.1 Å². The minimum absolute atomic E-state index is 0.643. The maximum absolute atomic E-state index is 12.5. The number of halogens is 3. The van der Waals surface area contributed by atoms with Crippen LogP contribution in [0.5, 0.6) is 0 Å². The molecular weight excluding hydrogens is 253 g/mol. The average Bonchev–Trinajstić information content (AvgIpc) is 2.39. The number of benzene rings is 1. The lowest BCUT2D eigenvalue weighted by Gasteiger charge is -2.08. The van der Waals surface area contributed by atoms with Crippen LogP contribution in [0.4, 0.5) is 13.2 Å². The van der Waals surface area contributed by atoms with Gasteiger partial charge in [-0.1, -0.05) is 12.1 Å². The van der Waals surface area contributed by atoms with E-state index in [0.29, 0.717) is 6.54 Å². The van der Waals surface area contributed by atoms with E-state index in [-0.39, 0.29) is 0 Å². The maximum atomic E-state index is 12.5. The van der Waals surface area contributed by atoms with E-state index in [4.69, 9.17) is 0 Å². The number of aromatic nitrogens is 1. The molecule has 5 heteroatoms. The van der Waals surface area contributed by atoms with Crippen molar-refractivity contribution in [3.8, 4) is 11.1 Å². The summed E-state index contributed by atoms with van der Waals surface area (Å²) < 4.78 is 37.4. The van der Waals surface area contributed by atoms with Gasteiger partial charge in [-0.2, -0.15) is 13.2 Å². The highest BCUT2D eigenvalue weighted by molar-refractivity contribution is 5.63. The van der Waals surface area contributed by atoms with Crippen LogP contribution in [0, 0.1) is 0 Å². The molecule has 1 aromatic heterocycles. The fourth-order valence-electron chi connectivity index (χ4n) is 1.80. The Bertz CT molecular complexity index is 547. The van der Waals surface area contributed by atoms with Crippen LogP contribution < -0.4 is 5.32 Å². The number of hydrogen-bond acceptors (Lipinski definition) is 2. The zero-order valence-electron chi connectivity index (χ0n) is 10.3. The number of nitrogens with zero attached hydrogens (tertiary/aromatic N) is 1. The lowest BCUT2D eigenvalue weighted by atomic mass is 10.0. The van der Waals surface area contributed by atoms with E-state index in [0.717, 1.165) is 28.8 Å². The van der Waals surface area contributed by atoms with Gasteiger partial charge in [0.25, 0.3) is 0 Å². The van der Waals surface area contributed by atoms with E-state index in [1.54, 1.807) is 12.4 Å². The Kier molecular flexibility index (Phi) is 3.85. The fraction of sp³-hybridized carbons (Fsp3) is 0.214. The molecule has 0 fully saturated rings. The highest BCUT2D eigenvalue weighted by Crippen LogP contribution is 2.30. The van der Waals surface area contributed by atoms with Crippen LogP contribution in [-0.2, 0) is 12.7 Å². The van der Waals surface area contributed by atoms with Crippen molar-refractivity contribution in [1.29, 1.82) is 0 Å². The monoisotopic (exact) mass is 266 g/mol. The predicted molar refractivity (Wildman–Crippen MR) is 67.4 cm³/mol. The summed E-state index contributed by atoms with van der Waals surface area (Å²) in [6.45, 7) is 0.668.